The summed E-state index contributed by atoms with van der Waals surface area (Å²) in [6.07, 6.45) is 1.96. The maximum atomic E-state index is 13.9. The number of nitrogens with one attached hydrogen (secondary N) is 1. The number of anilines is 1. The third kappa shape index (κ3) is 4.72. The third-order valence-electron chi connectivity index (χ3n) is 4.69. The molecule has 0 saturated heterocycles. The zero-order valence-corrected chi connectivity index (χ0v) is 15.7. The first kappa shape index (κ1) is 20.8. The van der Waals surface area contributed by atoms with Crippen molar-refractivity contribution < 1.29 is 22.0 Å². The van der Waals surface area contributed by atoms with Gasteiger partial charge in [-0.15, -0.1) is 0 Å². The van der Waals surface area contributed by atoms with Gasteiger partial charge in [-0.3, -0.25) is 0 Å². The minimum absolute atomic E-state index is 0.205. The van der Waals surface area contributed by atoms with Gasteiger partial charge in [-0.25, -0.2) is 26.9 Å². The summed E-state index contributed by atoms with van der Waals surface area (Å²) in [5.74, 6) is -8.90. The molecule has 29 heavy (non-hydrogen) atoms. The fourth-order valence-corrected chi connectivity index (χ4v) is 3.10. The van der Waals surface area contributed by atoms with Crippen LogP contribution in [0.3, 0.4) is 0 Å². The number of halogens is 5. The van der Waals surface area contributed by atoms with Crippen molar-refractivity contribution in [2.45, 2.75) is 32.2 Å². The van der Waals surface area contributed by atoms with Crippen LogP contribution in [0.25, 0.3) is 0 Å². The first-order valence-electron chi connectivity index (χ1n) is 9.13. The molecule has 3 aromatic rings. The molecular formula is C22H19F5N2. The Labute approximate surface area is 165 Å². The van der Waals surface area contributed by atoms with Crippen molar-refractivity contribution in [1.82, 2.24) is 4.98 Å². The fourth-order valence-electron chi connectivity index (χ4n) is 3.10. The lowest BCUT2D eigenvalue weighted by atomic mass is 9.97. The molecule has 1 atom stereocenters. The second kappa shape index (κ2) is 9.03. The summed E-state index contributed by atoms with van der Waals surface area (Å²) < 4.78 is 67.8. The minimum Gasteiger partial charge on any atom is -0.363 e. The number of nitrogens with zero attached hydrogens (tertiary/aromatic N) is 1. The van der Waals surface area contributed by atoms with E-state index in [1.807, 2.05) is 37.3 Å². The zero-order valence-electron chi connectivity index (χ0n) is 15.7. The van der Waals surface area contributed by atoms with E-state index in [0.29, 0.717) is 12.2 Å². The van der Waals surface area contributed by atoms with E-state index < -0.39 is 34.6 Å². The van der Waals surface area contributed by atoms with Gasteiger partial charge in [0.25, 0.3) is 0 Å². The van der Waals surface area contributed by atoms with Gasteiger partial charge in [0, 0.05) is 11.8 Å². The Hall–Kier alpha value is -2.96. The van der Waals surface area contributed by atoms with E-state index in [1.54, 1.807) is 18.3 Å². The molecule has 0 amide bonds. The van der Waals surface area contributed by atoms with Crippen LogP contribution in [0.1, 0.15) is 35.6 Å². The first-order valence-corrected chi connectivity index (χ1v) is 9.13. The predicted octanol–water partition coefficient (Wildman–Crippen LogP) is 6.26. The van der Waals surface area contributed by atoms with E-state index in [2.05, 4.69) is 10.3 Å². The average Bonchev–Trinajstić information content (AvgIpc) is 2.74. The summed E-state index contributed by atoms with van der Waals surface area (Å²) in [7, 11) is 0. The highest BCUT2D eigenvalue weighted by Crippen LogP contribution is 2.28. The van der Waals surface area contributed by atoms with Gasteiger partial charge in [-0.2, -0.15) is 0 Å². The zero-order chi connectivity index (χ0) is 21.0. The normalized spacial score (nSPS) is 12.1. The van der Waals surface area contributed by atoms with Crippen molar-refractivity contribution in [2.75, 3.05) is 5.32 Å². The Kier molecular flexibility index (Phi) is 6.46. The lowest BCUT2D eigenvalue weighted by Crippen LogP contribution is -2.13. The molecule has 0 aliphatic heterocycles. The highest BCUT2D eigenvalue weighted by atomic mass is 19.2. The third-order valence-corrected chi connectivity index (χ3v) is 4.69. The summed E-state index contributed by atoms with van der Waals surface area (Å²) in [4.78, 5) is 4.22. The molecule has 1 heterocycles. The largest absolute Gasteiger partial charge is 0.363 e. The molecular weight excluding hydrogens is 387 g/mol. The molecule has 1 unspecified atom stereocenters. The van der Waals surface area contributed by atoms with E-state index >= 15 is 0 Å². The molecule has 0 radical (unpaired) electrons. The van der Waals surface area contributed by atoms with Gasteiger partial charge in [-0.1, -0.05) is 35.9 Å². The fraction of sp³-hybridized carbons (Fsp3) is 0.227. The lowest BCUT2D eigenvalue weighted by Gasteiger charge is -2.20. The Morgan fingerprint density at radius 1 is 0.828 bits per heavy atom. The molecule has 3 rings (SSSR count). The molecule has 0 spiro atoms. The molecule has 2 nitrogen and oxygen atoms in total. The van der Waals surface area contributed by atoms with Gasteiger partial charge >= 0.3 is 0 Å². The van der Waals surface area contributed by atoms with Crippen LogP contribution in [0.2, 0.25) is 0 Å². The highest BCUT2D eigenvalue weighted by Gasteiger charge is 2.25. The lowest BCUT2D eigenvalue weighted by molar-refractivity contribution is 0.368. The van der Waals surface area contributed by atoms with Gasteiger partial charge in [0.1, 0.15) is 5.82 Å². The smallest absolute Gasteiger partial charge is 0.200 e. The number of aryl methyl sites for hydroxylation is 1. The molecule has 7 heteroatoms. The summed E-state index contributed by atoms with van der Waals surface area (Å²) in [5.41, 5.74) is 1.22. The quantitative estimate of drug-likeness (QED) is 0.285. The van der Waals surface area contributed by atoms with Crippen LogP contribution in [-0.4, -0.2) is 4.98 Å². The number of pyridine rings is 1. The molecule has 1 aromatic heterocycles. The number of aromatic nitrogens is 1. The van der Waals surface area contributed by atoms with Crippen LogP contribution in [0.5, 0.6) is 0 Å². The molecule has 0 fully saturated rings. The maximum absolute atomic E-state index is 13.9. The van der Waals surface area contributed by atoms with Crippen LogP contribution in [-0.2, 0) is 6.42 Å². The summed E-state index contributed by atoms with van der Waals surface area (Å²) in [6.45, 7) is 1.95. The Morgan fingerprint density at radius 2 is 1.45 bits per heavy atom. The standard InChI is InChI=1S/C22H19F5N2/c1-13-8-10-14(11-9-13)16(29-17-7-2-3-12-28-17)6-4-5-15-18(23)20(25)22(27)21(26)19(15)24/h2-3,7-12,16H,4-6H2,1H3,(H,28,29). The van der Waals surface area contributed by atoms with E-state index in [9.17, 15) is 22.0 Å². The topological polar surface area (TPSA) is 24.9 Å². The minimum atomic E-state index is -2.14. The second-order valence-corrected chi connectivity index (χ2v) is 6.76. The van der Waals surface area contributed by atoms with Crippen molar-refractivity contribution in [2.24, 2.45) is 0 Å². The monoisotopic (exact) mass is 406 g/mol. The number of benzene rings is 2. The van der Waals surface area contributed by atoms with Gasteiger partial charge in [-0.05, 0) is 43.9 Å². The van der Waals surface area contributed by atoms with Crippen molar-refractivity contribution in [3.05, 3.63) is 94.4 Å². The van der Waals surface area contributed by atoms with E-state index in [0.717, 1.165) is 11.1 Å². The van der Waals surface area contributed by atoms with Crippen LogP contribution in [0, 0.1) is 36.0 Å². The van der Waals surface area contributed by atoms with Crippen LogP contribution < -0.4 is 5.32 Å². The summed E-state index contributed by atoms with van der Waals surface area (Å²) >= 11 is 0. The van der Waals surface area contributed by atoms with E-state index in [4.69, 9.17) is 0 Å². The van der Waals surface area contributed by atoms with Gasteiger partial charge in [0.2, 0.25) is 5.82 Å². The van der Waals surface area contributed by atoms with Gasteiger partial charge in [0.05, 0.1) is 6.04 Å². The van der Waals surface area contributed by atoms with Gasteiger partial charge < -0.3 is 5.32 Å². The molecule has 152 valence electrons. The number of hydrogen-bond donors (Lipinski definition) is 1. The molecule has 2 aromatic carbocycles. The number of rotatable bonds is 7. The summed E-state index contributed by atoms with van der Waals surface area (Å²) in [6, 6.07) is 12.9. The first-order chi connectivity index (χ1) is 13.9. The van der Waals surface area contributed by atoms with Crippen LogP contribution in [0.15, 0.2) is 48.7 Å². The Bertz CT molecular complexity index is 946. The van der Waals surface area contributed by atoms with Gasteiger partial charge in [0.15, 0.2) is 23.3 Å². The van der Waals surface area contributed by atoms with Crippen molar-refractivity contribution in [1.29, 1.82) is 0 Å². The van der Waals surface area contributed by atoms with Crippen LogP contribution in [0.4, 0.5) is 27.8 Å². The molecule has 0 saturated carbocycles. The predicted molar refractivity (Wildman–Crippen MR) is 101 cm³/mol. The van der Waals surface area contributed by atoms with Crippen molar-refractivity contribution in [3.63, 3.8) is 0 Å². The second-order valence-electron chi connectivity index (χ2n) is 6.76. The molecule has 0 aliphatic carbocycles. The average molecular weight is 406 g/mol. The SMILES string of the molecule is Cc1ccc(C(CCCc2c(F)c(F)c(F)c(F)c2F)Nc2ccccn2)cc1. The number of hydrogen-bond acceptors (Lipinski definition) is 2. The van der Waals surface area contributed by atoms with Crippen LogP contribution >= 0.6 is 0 Å². The molecule has 0 bridgehead atoms. The molecule has 1 N–H and O–H groups in total. The Morgan fingerprint density at radius 3 is 2.03 bits per heavy atom. The van der Waals surface area contributed by atoms with E-state index in [-0.39, 0.29) is 18.9 Å². The Balaban J connectivity index is 1.78. The molecule has 0 aliphatic rings. The van der Waals surface area contributed by atoms with Crippen molar-refractivity contribution in [3.8, 4) is 0 Å². The van der Waals surface area contributed by atoms with E-state index in [1.165, 1.54) is 0 Å². The highest BCUT2D eigenvalue weighted by molar-refractivity contribution is 5.38. The van der Waals surface area contributed by atoms with Crippen molar-refractivity contribution >= 4 is 5.82 Å². The summed E-state index contributed by atoms with van der Waals surface area (Å²) in [5, 5.41) is 3.26. The maximum Gasteiger partial charge on any atom is 0.200 e.